The summed E-state index contributed by atoms with van der Waals surface area (Å²) in [5.41, 5.74) is 4.11. The Morgan fingerprint density at radius 3 is 1.57 bits per heavy atom. The van der Waals surface area contributed by atoms with E-state index < -0.39 is 0 Å². The van der Waals surface area contributed by atoms with Gasteiger partial charge in [0.2, 0.25) is 0 Å². The average molecular weight is 394 g/mol. The molecule has 146 valence electrons. The van der Waals surface area contributed by atoms with E-state index in [9.17, 15) is 9.59 Å². The third kappa shape index (κ3) is 3.33. The molecule has 4 nitrogen and oxygen atoms in total. The van der Waals surface area contributed by atoms with Crippen LogP contribution in [0.2, 0.25) is 0 Å². The number of fused-ring (bicyclic) bond motifs is 2. The van der Waals surface area contributed by atoms with E-state index >= 15 is 0 Å². The van der Waals surface area contributed by atoms with Crippen LogP contribution in [0, 0.1) is 0 Å². The Morgan fingerprint density at radius 2 is 1.07 bits per heavy atom. The Hall–Kier alpha value is -3.92. The molecule has 0 spiro atoms. The van der Waals surface area contributed by atoms with Crippen LogP contribution < -0.4 is 9.47 Å². The van der Waals surface area contributed by atoms with Crippen molar-refractivity contribution in [3.05, 3.63) is 106 Å². The highest BCUT2D eigenvalue weighted by Crippen LogP contribution is 2.29. The summed E-state index contributed by atoms with van der Waals surface area (Å²) in [6.45, 7) is 0.481. The Balaban J connectivity index is 1.43. The SMILES string of the molecule is O=C1C(=Cc2cccc(C=C3COc4ccccc4C3=O)c2)COc2ccccc21. The van der Waals surface area contributed by atoms with Crippen LogP contribution in [0.5, 0.6) is 11.5 Å². The summed E-state index contributed by atoms with van der Waals surface area (Å²) in [6.07, 6.45) is 3.68. The number of carbonyl (C=O) groups is 2. The summed E-state index contributed by atoms with van der Waals surface area (Å²) < 4.78 is 11.4. The maximum atomic E-state index is 12.8. The predicted molar refractivity (Wildman–Crippen MR) is 115 cm³/mol. The van der Waals surface area contributed by atoms with Crippen molar-refractivity contribution in [3.63, 3.8) is 0 Å². The number of ketones is 2. The van der Waals surface area contributed by atoms with Gasteiger partial charge < -0.3 is 9.47 Å². The maximum Gasteiger partial charge on any atom is 0.196 e. The highest BCUT2D eigenvalue weighted by Gasteiger charge is 2.24. The minimum Gasteiger partial charge on any atom is -0.488 e. The Kier molecular flexibility index (Phi) is 4.52. The first-order chi connectivity index (χ1) is 14.7. The molecule has 0 unspecified atom stereocenters. The number of Topliss-reactive ketones (excluding diaryl/α,β-unsaturated/α-hetero) is 2. The lowest BCUT2D eigenvalue weighted by Crippen LogP contribution is -2.19. The third-order valence-corrected chi connectivity index (χ3v) is 5.21. The topological polar surface area (TPSA) is 52.6 Å². The minimum absolute atomic E-state index is 0.0203. The fraction of sp³-hybridized carbons (Fsp3) is 0.0769. The van der Waals surface area contributed by atoms with E-state index in [1.807, 2.05) is 60.7 Å². The van der Waals surface area contributed by atoms with Crippen molar-refractivity contribution in [2.24, 2.45) is 0 Å². The van der Waals surface area contributed by atoms with Crippen molar-refractivity contribution in [1.82, 2.24) is 0 Å². The third-order valence-electron chi connectivity index (χ3n) is 5.21. The summed E-state index contributed by atoms with van der Waals surface area (Å²) in [6, 6.07) is 22.2. The zero-order chi connectivity index (χ0) is 20.5. The highest BCUT2D eigenvalue weighted by molar-refractivity contribution is 6.15. The Morgan fingerprint density at radius 1 is 0.600 bits per heavy atom. The molecule has 30 heavy (non-hydrogen) atoms. The molecule has 3 aromatic rings. The number of para-hydroxylation sites is 2. The van der Waals surface area contributed by atoms with E-state index in [0.29, 0.717) is 33.8 Å². The molecule has 0 fully saturated rings. The van der Waals surface area contributed by atoms with Gasteiger partial charge in [-0.3, -0.25) is 9.59 Å². The van der Waals surface area contributed by atoms with E-state index in [-0.39, 0.29) is 24.8 Å². The van der Waals surface area contributed by atoms with Crippen molar-refractivity contribution in [3.8, 4) is 11.5 Å². The van der Waals surface area contributed by atoms with Gasteiger partial charge in [-0.2, -0.15) is 0 Å². The van der Waals surface area contributed by atoms with Gasteiger partial charge in [0.15, 0.2) is 11.6 Å². The zero-order valence-electron chi connectivity index (χ0n) is 16.1. The average Bonchev–Trinajstić information content (AvgIpc) is 2.78. The van der Waals surface area contributed by atoms with Crippen LogP contribution in [0.4, 0.5) is 0 Å². The molecule has 0 bridgehead atoms. The van der Waals surface area contributed by atoms with Crippen molar-refractivity contribution in [1.29, 1.82) is 0 Å². The second kappa shape index (κ2) is 7.48. The van der Waals surface area contributed by atoms with Crippen LogP contribution in [0.15, 0.2) is 83.9 Å². The smallest absolute Gasteiger partial charge is 0.196 e. The first kappa shape index (κ1) is 18.1. The quantitative estimate of drug-likeness (QED) is 0.574. The lowest BCUT2D eigenvalue weighted by atomic mass is 9.96. The molecule has 0 aliphatic carbocycles. The standard InChI is InChI=1S/C26H18O4/c27-25-19(15-29-23-10-3-1-8-21(23)25)13-17-6-5-7-18(12-17)14-20-16-30-24-11-4-2-9-22(24)26(20)28/h1-14H,15-16H2. The zero-order valence-corrected chi connectivity index (χ0v) is 16.1. The summed E-state index contributed by atoms with van der Waals surface area (Å²) in [5.74, 6) is 1.20. The Labute approximate surface area is 174 Å². The van der Waals surface area contributed by atoms with Gasteiger partial charge in [0.1, 0.15) is 24.7 Å². The molecule has 0 aromatic heterocycles. The molecule has 0 amide bonds. The Bertz CT molecular complexity index is 1140. The molecule has 5 rings (SSSR count). The molecule has 2 heterocycles. The monoisotopic (exact) mass is 394 g/mol. The first-order valence-corrected chi connectivity index (χ1v) is 9.73. The largest absolute Gasteiger partial charge is 0.488 e. The molecule has 3 aromatic carbocycles. The van der Waals surface area contributed by atoms with Gasteiger partial charge in [0.05, 0.1) is 11.1 Å². The van der Waals surface area contributed by atoms with Gasteiger partial charge in [-0.1, -0.05) is 42.5 Å². The van der Waals surface area contributed by atoms with Gasteiger partial charge in [-0.25, -0.2) is 0 Å². The molecule has 0 N–H and O–H groups in total. The fourth-order valence-corrected chi connectivity index (χ4v) is 3.70. The number of carbonyl (C=O) groups excluding carboxylic acids is 2. The first-order valence-electron chi connectivity index (χ1n) is 9.73. The van der Waals surface area contributed by atoms with Crippen LogP contribution in [0.25, 0.3) is 12.2 Å². The summed E-state index contributed by atoms with van der Waals surface area (Å²) in [7, 11) is 0. The second-order valence-electron chi connectivity index (χ2n) is 7.24. The number of benzene rings is 3. The minimum atomic E-state index is -0.0203. The lowest BCUT2D eigenvalue weighted by Gasteiger charge is -2.19. The molecule has 2 aliphatic rings. The van der Waals surface area contributed by atoms with Crippen LogP contribution in [-0.2, 0) is 0 Å². The number of hydrogen-bond donors (Lipinski definition) is 0. The number of rotatable bonds is 2. The molecule has 0 saturated carbocycles. The van der Waals surface area contributed by atoms with E-state index in [0.717, 1.165) is 11.1 Å². The van der Waals surface area contributed by atoms with E-state index in [2.05, 4.69) is 0 Å². The van der Waals surface area contributed by atoms with Crippen LogP contribution in [0.1, 0.15) is 31.8 Å². The van der Waals surface area contributed by atoms with Gasteiger partial charge in [-0.15, -0.1) is 0 Å². The summed E-state index contributed by atoms with van der Waals surface area (Å²) in [4.78, 5) is 25.5. The van der Waals surface area contributed by atoms with Crippen LogP contribution in [0.3, 0.4) is 0 Å². The van der Waals surface area contributed by atoms with E-state index in [1.165, 1.54) is 0 Å². The molecular formula is C26H18O4. The molecule has 0 saturated heterocycles. The van der Waals surface area contributed by atoms with Crippen LogP contribution >= 0.6 is 0 Å². The lowest BCUT2D eigenvalue weighted by molar-refractivity contribution is 0.0992. The van der Waals surface area contributed by atoms with Crippen molar-refractivity contribution in [2.45, 2.75) is 0 Å². The van der Waals surface area contributed by atoms with Gasteiger partial charge in [0.25, 0.3) is 0 Å². The second-order valence-corrected chi connectivity index (χ2v) is 7.24. The molecular weight excluding hydrogens is 376 g/mol. The van der Waals surface area contributed by atoms with Crippen molar-refractivity contribution in [2.75, 3.05) is 13.2 Å². The number of hydrogen-bond acceptors (Lipinski definition) is 4. The van der Waals surface area contributed by atoms with Gasteiger partial charge in [-0.05, 0) is 53.6 Å². The predicted octanol–water partition coefficient (Wildman–Crippen LogP) is 5.00. The maximum absolute atomic E-state index is 12.8. The summed E-state index contributed by atoms with van der Waals surface area (Å²) >= 11 is 0. The molecule has 0 radical (unpaired) electrons. The van der Waals surface area contributed by atoms with Crippen molar-refractivity contribution >= 4 is 23.7 Å². The van der Waals surface area contributed by atoms with E-state index in [1.54, 1.807) is 24.3 Å². The van der Waals surface area contributed by atoms with E-state index in [4.69, 9.17) is 9.47 Å². The number of ether oxygens (including phenoxy) is 2. The molecule has 2 aliphatic heterocycles. The van der Waals surface area contributed by atoms with Gasteiger partial charge in [0, 0.05) is 11.1 Å². The van der Waals surface area contributed by atoms with Crippen molar-refractivity contribution < 1.29 is 19.1 Å². The fourth-order valence-electron chi connectivity index (χ4n) is 3.70. The normalized spacial score (nSPS) is 17.9. The van der Waals surface area contributed by atoms with Crippen LogP contribution in [-0.4, -0.2) is 24.8 Å². The highest BCUT2D eigenvalue weighted by atomic mass is 16.5. The molecule has 0 atom stereocenters. The summed E-state index contributed by atoms with van der Waals surface area (Å²) in [5, 5.41) is 0. The molecule has 4 heteroatoms. The van der Waals surface area contributed by atoms with Gasteiger partial charge >= 0.3 is 0 Å².